The number of carbonyl (C=O) groups excluding carboxylic acids is 1. The maximum absolute atomic E-state index is 12.6. The van der Waals surface area contributed by atoms with Gasteiger partial charge in [-0.25, -0.2) is 0 Å². The van der Waals surface area contributed by atoms with Crippen molar-refractivity contribution in [1.82, 2.24) is 9.80 Å². The fourth-order valence-corrected chi connectivity index (χ4v) is 3.48. The molecular weight excluding hydrogens is 290 g/mol. The Balaban J connectivity index is 1.47. The van der Waals surface area contributed by atoms with Gasteiger partial charge < -0.3 is 15.4 Å². The molecule has 2 saturated heterocycles. The van der Waals surface area contributed by atoms with Gasteiger partial charge in [0.25, 0.3) is 0 Å². The van der Waals surface area contributed by atoms with E-state index in [0.717, 1.165) is 64.3 Å². The smallest absolute Gasteiger partial charge is 0.244 e. The molecule has 5 nitrogen and oxygen atoms in total. The minimum Gasteiger partial charge on any atom is -0.379 e. The molecule has 0 unspecified atom stereocenters. The molecule has 2 N–H and O–H groups in total. The highest BCUT2D eigenvalue weighted by Gasteiger charge is 2.28. The van der Waals surface area contributed by atoms with E-state index in [0.29, 0.717) is 5.92 Å². The van der Waals surface area contributed by atoms with Crippen LogP contribution in [0.25, 0.3) is 0 Å². The van der Waals surface area contributed by atoms with Gasteiger partial charge in [-0.1, -0.05) is 30.3 Å². The van der Waals surface area contributed by atoms with Gasteiger partial charge in [0.1, 0.15) is 6.04 Å². The van der Waals surface area contributed by atoms with Crippen molar-refractivity contribution in [3.8, 4) is 0 Å². The van der Waals surface area contributed by atoms with Crippen LogP contribution in [0.5, 0.6) is 0 Å². The van der Waals surface area contributed by atoms with Crippen molar-refractivity contribution in [1.29, 1.82) is 0 Å². The lowest BCUT2D eigenvalue weighted by Gasteiger charge is -2.36. The van der Waals surface area contributed by atoms with Crippen LogP contribution in [0.3, 0.4) is 0 Å². The van der Waals surface area contributed by atoms with Crippen LogP contribution in [0, 0.1) is 5.92 Å². The molecule has 5 heteroatoms. The number of hydrogen-bond acceptors (Lipinski definition) is 4. The summed E-state index contributed by atoms with van der Waals surface area (Å²) in [6.07, 6.45) is 2.15. The van der Waals surface area contributed by atoms with Crippen molar-refractivity contribution < 1.29 is 9.53 Å². The van der Waals surface area contributed by atoms with Gasteiger partial charge in [-0.3, -0.25) is 9.69 Å². The van der Waals surface area contributed by atoms with E-state index in [4.69, 9.17) is 10.5 Å². The maximum Gasteiger partial charge on any atom is 0.244 e. The maximum atomic E-state index is 12.6. The molecule has 0 spiro atoms. The second-order valence-corrected chi connectivity index (χ2v) is 6.57. The SMILES string of the molecule is N[C@H](C(=O)N1CCC(CN2CCOCC2)CC1)c1ccccc1. The summed E-state index contributed by atoms with van der Waals surface area (Å²) >= 11 is 0. The molecular formula is C18H27N3O2. The summed E-state index contributed by atoms with van der Waals surface area (Å²) in [5.41, 5.74) is 7.04. The minimum atomic E-state index is -0.535. The van der Waals surface area contributed by atoms with Crippen molar-refractivity contribution >= 4 is 5.91 Å². The summed E-state index contributed by atoms with van der Waals surface area (Å²) in [5.74, 6) is 0.742. The van der Waals surface area contributed by atoms with Gasteiger partial charge in [0, 0.05) is 32.7 Å². The van der Waals surface area contributed by atoms with E-state index in [2.05, 4.69) is 4.90 Å². The average molecular weight is 317 g/mol. The molecule has 2 aliphatic rings. The largest absolute Gasteiger partial charge is 0.379 e. The lowest BCUT2D eigenvalue weighted by molar-refractivity contribution is -0.134. The number of likely N-dealkylation sites (tertiary alicyclic amines) is 1. The third kappa shape index (κ3) is 4.31. The van der Waals surface area contributed by atoms with Crippen LogP contribution >= 0.6 is 0 Å². The number of rotatable bonds is 4. The molecule has 1 aromatic rings. The molecule has 2 aliphatic heterocycles. The molecule has 1 aromatic carbocycles. The second kappa shape index (κ2) is 7.90. The summed E-state index contributed by atoms with van der Waals surface area (Å²) in [6, 6.07) is 9.11. The molecule has 1 atom stereocenters. The second-order valence-electron chi connectivity index (χ2n) is 6.57. The van der Waals surface area contributed by atoms with Crippen molar-refractivity contribution in [2.24, 2.45) is 11.7 Å². The third-order valence-corrected chi connectivity index (χ3v) is 4.97. The molecule has 2 fully saturated rings. The van der Waals surface area contributed by atoms with E-state index in [1.807, 2.05) is 35.2 Å². The minimum absolute atomic E-state index is 0.0565. The normalized spacial score (nSPS) is 22.0. The quantitative estimate of drug-likeness (QED) is 0.908. The van der Waals surface area contributed by atoms with Crippen LogP contribution in [0.15, 0.2) is 30.3 Å². The van der Waals surface area contributed by atoms with Gasteiger partial charge in [0.2, 0.25) is 5.91 Å². The third-order valence-electron chi connectivity index (χ3n) is 4.97. The molecule has 23 heavy (non-hydrogen) atoms. The Morgan fingerprint density at radius 2 is 1.78 bits per heavy atom. The van der Waals surface area contributed by atoms with E-state index in [-0.39, 0.29) is 5.91 Å². The number of hydrogen-bond donors (Lipinski definition) is 1. The average Bonchev–Trinajstić information content (AvgIpc) is 2.63. The highest BCUT2D eigenvalue weighted by atomic mass is 16.5. The predicted molar refractivity (Wildman–Crippen MR) is 89.9 cm³/mol. The molecule has 1 amide bonds. The van der Waals surface area contributed by atoms with Crippen LogP contribution in [0.4, 0.5) is 0 Å². The Bertz CT molecular complexity index is 494. The van der Waals surface area contributed by atoms with Crippen LogP contribution in [-0.4, -0.2) is 61.6 Å². The predicted octanol–water partition coefficient (Wildman–Crippen LogP) is 1.26. The molecule has 2 heterocycles. The molecule has 0 aliphatic carbocycles. The van der Waals surface area contributed by atoms with Crippen molar-refractivity contribution in [3.05, 3.63) is 35.9 Å². The van der Waals surface area contributed by atoms with E-state index >= 15 is 0 Å². The fraction of sp³-hybridized carbons (Fsp3) is 0.611. The number of nitrogens with zero attached hydrogens (tertiary/aromatic N) is 2. The highest BCUT2D eigenvalue weighted by molar-refractivity contribution is 5.83. The van der Waals surface area contributed by atoms with Crippen LogP contribution in [-0.2, 0) is 9.53 Å². The Morgan fingerprint density at radius 1 is 1.13 bits per heavy atom. The summed E-state index contributed by atoms with van der Waals surface area (Å²) in [7, 11) is 0. The zero-order valence-electron chi connectivity index (χ0n) is 13.7. The first-order valence-corrected chi connectivity index (χ1v) is 8.63. The van der Waals surface area contributed by atoms with Gasteiger partial charge in [0.15, 0.2) is 0 Å². The Labute approximate surface area is 138 Å². The van der Waals surface area contributed by atoms with E-state index in [1.54, 1.807) is 0 Å². The van der Waals surface area contributed by atoms with Crippen molar-refractivity contribution in [2.75, 3.05) is 45.9 Å². The first kappa shape index (κ1) is 16.4. The summed E-state index contributed by atoms with van der Waals surface area (Å²) in [4.78, 5) is 17.0. The Kier molecular flexibility index (Phi) is 5.65. The lowest BCUT2D eigenvalue weighted by atomic mass is 9.95. The molecule has 0 saturated carbocycles. The lowest BCUT2D eigenvalue weighted by Crippen LogP contribution is -2.46. The van der Waals surface area contributed by atoms with Crippen molar-refractivity contribution in [3.63, 3.8) is 0 Å². The van der Waals surface area contributed by atoms with E-state index < -0.39 is 6.04 Å². The molecule has 0 aromatic heterocycles. The molecule has 0 bridgehead atoms. The number of nitrogens with two attached hydrogens (primary N) is 1. The first-order valence-electron chi connectivity index (χ1n) is 8.63. The topological polar surface area (TPSA) is 58.8 Å². The standard InChI is InChI=1S/C18H27N3O2/c19-17(16-4-2-1-3-5-16)18(22)21-8-6-15(7-9-21)14-20-10-12-23-13-11-20/h1-5,15,17H,6-14,19H2/t17-/m0/s1. The number of morpholine rings is 1. The first-order chi connectivity index (χ1) is 11.2. The summed E-state index contributed by atoms with van der Waals surface area (Å²) in [6.45, 7) is 6.57. The molecule has 0 radical (unpaired) electrons. The number of carbonyl (C=O) groups is 1. The van der Waals surface area contributed by atoms with Gasteiger partial charge in [-0.2, -0.15) is 0 Å². The Hall–Kier alpha value is -1.43. The number of piperidine rings is 1. The monoisotopic (exact) mass is 317 g/mol. The van der Waals surface area contributed by atoms with Crippen LogP contribution in [0.1, 0.15) is 24.4 Å². The summed E-state index contributed by atoms with van der Waals surface area (Å²) in [5, 5.41) is 0. The van der Waals surface area contributed by atoms with Crippen LogP contribution in [0.2, 0.25) is 0 Å². The summed E-state index contributed by atoms with van der Waals surface area (Å²) < 4.78 is 5.40. The zero-order chi connectivity index (χ0) is 16.1. The fourth-order valence-electron chi connectivity index (χ4n) is 3.48. The van der Waals surface area contributed by atoms with Crippen LogP contribution < -0.4 is 5.73 Å². The Morgan fingerprint density at radius 3 is 2.43 bits per heavy atom. The number of benzene rings is 1. The van der Waals surface area contributed by atoms with Crippen molar-refractivity contribution in [2.45, 2.75) is 18.9 Å². The van der Waals surface area contributed by atoms with Gasteiger partial charge >= 0.3 is 0 Å². The molecule has 126 valence electrons. The molecule has 3 rings (SSSR count). The number of amides is 1. The highest BCUT2D eigenvalue weighted by Crippen LogP contribution is 2.22. The van der Waals surface area contributed by atoms with Gasteiger partial charge in [-0.05, 0) is 24.3 Å². The van der Waals surface area contributed by atoms with Gasteiger partial charge in [0.05, 0.1) is 13.2 Å². The van der Waals surface area contributed by atoms with E-state index in [1.165, 1.54) is 0 Å². The number of ether oxygens (including phenoxy) is 1. The zero-order valence-corrected chi connectivity index (χ0v) is 13.7. The van der Waals surface area contributed by atoms with Gasteiger partial charge in [-0.15, -0.1) is 0 Å². The van der Waals surface area contributed by atoms with E-state index in [9.17, 15) is 4.79 Å².